The number of hydrogen-bond donors (Lipinski definition) is 1. The molecule has 1 spiro atoms. The molecule has 6 rings (SSSR count). The number of nitrogens with zero attached hydrogens (tertiary/aromatic N) is 5. The summed E-state index contributed by atoms with van der Waals surface area (Å²) in [7, 11) is 0. The lowest BCUT2D eigenvalue weighted by Crippen LogP contribution is -2.53. The maximum Gasteiger partial charge on any atom is 0.262 e. The zero-order chi connectivity index (χ0) is 25.6. The van der Waals surface area contributed by atoms with E-state index < -0.39 is 11.5 Å². The zero-order valence-corrected chi connectivity index (χ0v) is 20.8. The molecule has 1 aromatic carbocycles. The van der Waals surface area contributed by atoms with Gasteiger partial charge in [0.25, 0.3) is 5.92 Å². The van der Waals surface area contributed by atoms with Crippen LogP contribution in [0.15, 0.2) is 42.7 Å². The molecule has 3 aliphatic rings. The van der Waals surface area contributed by atoms with E-state index in [2.05, 4.69) is 15.0 Å². The van der Waals surface area contributed by atoms with Crippen LogP contribution >= 0.6 is 0 Å². The highest BCUT2D eigenvalue weighted by atomic mass is 19.3. The lowest BCUT2D eigenvalue weighted by atomic mass is 9.84. The van der Waals surface area contributed by atoms with E-state index in [0.29, 0.717) is 12.4 Å². The summed E-state index contributed by atoms with van der Waals surface area (Å²) in [5.41, 5.74) is 8.23. The molecular weight excluding hydrogens is 481 g/mol. The van der Waals surface area contributed by atoms with E-state index in [4.69, 9.17) is 10.5 Å². The van der Waals surface area contributed by atoms with E-state index in [1.807, 2.05) is 29.2 Å². The Kier molecular flexibility index (Phi) is 6.37. The maximum atomic E-state index is 14.8. The molecule has 7 nitrogen and oxygen atoms in total. The topological polar surface area (TPSA) is 71.9 Å². The van der Waals surface area contributed by atoms with Crippen LogP contribution in [0.4, 0.5) is 19.0 Å². The summed E-state index contributed by atoms with van der Waals surface area (Å²) in [6.07, 6.45) is 5.02. The van der Waals surface area contributed by atoms with Crippen LogP contribution in [-0.2, 0) is 11.2 Å². The Hall–Kier alpha value is -2.69. The second kappa shape index (κ2) is 9.56. The Balaban J connectivity index is 1.08. The Bertz CT molecular complexity index is 1240. The monoisotopic (exact) mass is 514 g/mol. The minimum atomic E-state index is -2.68. The number of likely N-dealkylation sites (tertiary alicyclic amines) is 2. The van der Waals surface area contributed by atoms with Crippen molar-refractivity contribution >= 4 is 11.3 Å². The Morgan fingerprint density at radius 3 is 2.62 bits per heavy atom. The fraction of sp³-hybridized carbons (Fsp3) is 0.556. The first-order valence-corrected chi connectivity index (χ1v) is 13.1. The number of halogens is 3. The van der Waals surface area contributed by atoms with Crippen LogP contribution in [0.2, 0.25) is 0 Å². The summed E-state index contributed by atoms with van der Waals surface area (Å²) < 4.78 is 50.8. The van der Waals surface area contributed by atoms with Gasteiger partial charge in [-0.05, 0) is 75.0 Å². The predicted octanol–water partition coefficient (Wildman–Crippen LogP) is 4.09. The summed E-state index contributed by atoms with van der Waals surface area (Å²) in [6.45, 7) is 2.75. The molecule has 2 atom stereocenters. The molecule has 198 valence electrons. The number of alkyl halides is 2. The van der Waals surface area contributed by atoms with E-state index in [-0.39, 0.29) is 31.0 Å². The number of rotatable bonds is 6. The van der Waals surface area contributed by atoms with Gasteiger partial charge < -0.3 is 15.4 Å². The second-order valence-corrected chi connectivity index (χ2v) is 10.9. The van der Waals surface area contributed by atoms with Crippen LogP contribution in [0.1, 0.15) is 49.5 Å². The van der Waals surface area contributed by atoms with Gasteiger partial charge in [0.05, 0.1) is 18.3 Å². The third-order valence-electron chi connectivity index (χ3n) is 8.47. The molecule has 0 unspecified atom stereocenters. The Labute approximate surface area is 214 Å². The van der Waals surface area contributed by atoms with E-state index >= 15 is 0 Å². The van der Waals surface area contributed by atoms with Crippen LogP contribution in [0, 0.1) is 5.82 Å². The van der Waals surface area contributed by atoms with Crippen molar-refractivity contribution in [2.24, 2.45) is 0 Å². The molecule has 2 aromatic heterocycles. The molecule has 0 saturated carbocycles. The quantitative estimate of drug-likeness (QED) is 0.534. The first-order valence-electron chi connectivity index (χ1n) is 13.1. The predicted molar refractivity (Wildman–Crippen MR) is 134 cm³/mol. The van der Waals surface area contributed by atoms with E-state index in [1.54, 1.807) is 4.52 Å². The summed E-state index contributed by atoms with van der Waals surface area (Å²) in [5, 5.41) is 4.32. The van der Waals surface area contributed by atoms with Gasteiger partial charge in [-0.25, -0.2) is 22.7 Å². The molecule has 5 heterocycles. The number of benzene rings is 1. The van der Waals surface area contributed by atoms with Gasteiger partial charge in [0, 0.05) is 25.0 Å². The molecule has 3 saturated heterocycles. The molecule has 10 heteroatoms. The highest BCUT2D eigenvalue weighted by molar-refractivity contribution is 5.65. The fourth-order valence-electron chi connectivity index (χ4n) is 6.50. The van der Waals surface area contributed by atoms with Crippen molar-refractivity contribution in [1.82, 2.24) is 24.4 Å². The number of piperidine rings is 1. The summed E-state index contributed by atoms with van der Waals surface area (Å²) in [6, 6.07) is 10.4. The highest BCUT2D eigenvalue weighted by Crippen LogP contribution is 2.46. The van der Waals surface area contributed by atoms with Gasteiger partial charge in [-0.2, -0.15) is 5.10 Å². The van der Waals surface area contributed by atoms with Crippen molar-refractivity contribution in [3.63, 3.8) is 0 Å². The molecule has 3 fully saturated rings. The molecule has 2 N–H and O–H groups in total. The van der Waals surface area contributed by atoms with Crippen LogP contribution < -0.4 is 5.73 Å². The molecule has 0 bridgehead atoms. The Morgan fingerprint density at radius 2 is 1.84 bits per heavy atom. The first kappa shape index (κ1) is 24.6. The van der Waals surface area contributed by atoms with Gasteiger partial charge in [-0.1, -0.05) is 12.1 Å². The van der Waals surface area contributed by atoms with Crippen molar-refractivity contribution in [1.29, 1.82) is 0 Å². The molecule has 0 radical (unpaired) electrons. The SMILES string of the molecule is Nc1ncnn2c([C@H]3CC[C@@H](CN4CC(F)(F)CC45CCN(CCc4ccc(F)cc4)CC5)O3)ccc12. The van der Waals surface area contributed by atoms with E-state index in [0.717, 1.165) is 68.5 Å². The van der Waals surface area contributed by atoms with Gasteiger partial charge in [-0.15, -0.1) is 0 Å². The molecule has 3 aromatic rings. The molecule has 3 aliphatic heterocycles. The van der Waals surface area contributed by atoms with Gasteiger partial charge in [0.2, 0.25) is 0 Å². The standard InChI is InChI=1S/C27H33F3N6O/c28-20-3-1-19(2-4-20)9-12-34-13-10-26(11-14-34)16-27(29,30)17-35(26)15-21-5-8-24(37-21)22-6-7-23-25(31)32-18-33-36(22)23/h1-4,6-7,18,21,24H,5,8-17H2,(H2,31,32,33)/t21-,24+/m0/s1. The normalized spacial score (nSPS) is 25.9. The average molecular weight is 515 g/mol. The lowest BCUT2D eigenvalue weighted by Gasteiger charge is -2.45. The van der Waals surface area contributed by atoms with Gasteiger partial charge in [-0.3, -0.25) is 4.90 Å². The van der Waals surface area contributed by atoms with Crippen LogP contribution in [0.3, 0.4) is 0 Å². The number of anilines is 1. The summed E-state index contributed by atoms with van der Waals surface area (Å²) in [4.78, 5) is 8.40. The lowest BCUT2D eigenvalue weighted by molar-refractivity contribution is -0.0168. The van der Waals surface area contributed by atoms with Crippen molar-refractivity contribution in [2.75, 3.05) is 38.5 Å². The molecule has 37 heavy (non-hydrogen) atoms. The smallest absolute Gasteiger partial charge is 0.262 e. The third-order valence-corrected chi connectivity index (χ3v) is 8.47. The van der Waals surface area contributed by atoms with Crippen molar-refractivity contribution < 1.29 is 17.9 Å². The van der Waals surface area contributed by atoms with Crippen molar-refractivity contribution in [3.8, 4) is 0 Å². The largest absolute Gasteiger partial charge is 0.382 e. The summed E-state index contributed by atoms with van der Waals surface area (Å²) in [5.74, 6) is -2.49. The maximum absolute atomic E-state index is 14.8. The van der Waals surface area contributed by atoms with Crippen LogP contribution in [0.5, 0.6) is 0 Å². The average Bonchev–Trinajstić information content (AvgIpc) is 3.57. The number of fused-ring (bicyclic) bond motifs is 1. The number of ether oxygens (including phenoxy) is 1. The molecule has 0 aliphatic carbocycles. The Morgan fingerprint density at radius 1 is 1.05 bits per heavy atom. The van der Waals surface area contributed by atoms with E-state index in [1.165, 1.54) is 18.5 Å². The first-order chi connectivity index (χ1) is 17.8. The molecular formula is C27H33F3N6O. The number of aromatic nitrogens is 3. The van der Waals surface area contributed by atoms with Crippen LogP contribution in [-0.4, -0.2) is 74.7 Å². The third kappa shape index (κ3) is 4.94. The van der Waals surface area contributed by atoms with Gasteiger partial charge >= 0.3 is 0 Å². The summed E-state index contributed by atoms with van der Waals surface area (Å²) >= 11 is 0. The van der Waals surface area contributed by atoms with Crippen molar-refractivity contribution in [3.05, 3.63) is 59.8 Å². The number of nitrogens with two attached hydrogens (primary N) is 1. The zero-order valence-electron chi connectivity index (χ0n) is 20.8. The molecule has 0 amide bonds. The highest BCUT2D eigenvalue weighted by Gasteiger charge is 2.55. The minimum Gasteiger partial charge on any atom is -0.382 e. The van der Waals surface area contributed by atoms with Gasteiger partial charge in [0.15, 0.2) is 5.82 Å². The minimum absolute atomic E-state index is 0.0819. The fourth-order valence-corrected chi connectivity index (χ4v) is 6.50. The number of hydrogen-bond acceptors (Lipinski definition) is 6. The second-order valence-electron chi connectivity index (χ2n) is 10.9. The number of nitrogen functional groups attached to an aromatic ring is 1. The van der Waals surface area contributed by atoms with Gasteiger partial charge in [0.1, 0.15) is 23.8 Å². The van der Waals surface area contributed by atoms with Crippen molar-refractivity contribution in [2.45, 2.75) is 62.2 Å². The van der Waals surface area contributed by atoms with E-state index in [9.17, 15) is 13.2 Å². The van der Waals surface area contributed by atoms with Crippen LogP contribution in [0.25, 0.3) is 5.52 Å².